The fraction of sp³-hybridized carbons (Fsp3) is 0.435. The van der Waals surface area contributed by atoms with Gasteiger partial charge in [0, 0.05) is 30.8 Å². The van der Waals surface area contributed by atoms with Crippen molar-refractivity contribution >= 4 is 24.8 Å². The summed E-state index contributed by atoms with van der Waals surface area (Å²) in [5.74, 6) is 0.873. The van der Waals surface area contributed by atoms with Gasteiger partial charge >= 0.3 is 7.60 Å². The standard InChI is InChI=1S/C23H29N4O5P/c1-3-31-33(29,32-4-2)17-18-5-7-19(8-6-18)21(28)15-20-16-23(26-11-13-30-14-12-26)27-22(25-20)9-10-24-27/h5-10,16H,3-4,11-15,17H2,1-2H3. The molecule has 0 N–H and O–H groups in total. The minimum atomic E-state index is -3.19. The first kappa shape index (κ1) is 23.6. The van der Waals surface area contributed by atoms with E-state index < -0.39 is 7.60 Å². The minimum absolute atomic E-state index is 0.0383. The summed E-state index contributed by atoms with van der Waals surface area (Å²) in [6, 6.07) is 10.9. The van der Waals surface area contributed by atoms with Crippen LogP contribution in [-0.2, 0) is 30.9 Å². The normalized spacial score (nSPS) is 14.7. The number of hydrogen-bond donors (Lipinski definition) is 0. The summed E-state index contributed by atoms with van der Waals surface area (Å²) in [4.78, 5) is 19.8. The molecule has 10 heteroatoms. The Bertz CT molecular complexity index is 1130. The molecule has 4 rings (SSSR count). The molecule has 176 valence electrons. The van der Waals surface area contributed by atoms with E-state index in [4.69, 9.17) is 13.8 Å². The lowest BCUT2D eigenvalue weighted by Crippen LogP contribution is -2.37. The zero-order chi connectivity index (χ0) is 23.3. The summed E-state index contributed by atoms with van der Waals surface area (Å²) in [7, 11) is -3.19. The molecule has 0 spiro atoms. The average Bonchev–Trinajstić information content (AvgIpc) is 3.28. The van der Waals surface area contributed by atoms with Gasteiger partial charge in [0.25, 0.3) is 0 Å². The predicted octanol–water partition coefficient (Wildman–Crippen LogP) is 3.76. The number of anilines is 1. The highest BCUT2D eigenvalue weighted by atomic mass is 31.2. The Morgan fingerprint density at radius 2 is 1.79 bits per heavy atom. The average molecular weight is 472 g/mol. The summed E-state index contributed by atoms with van der Waals surface area (Å²) in [6.45, 7) is 7.04. The first-order valence-electron chi connectivity index (χ1n) is 11.2. The fourth-order valence-corrected chi connectivity index (χ4v) is 5.57. The Morgan fingerprint density at radius 3 is 2.45 bits per heavy atom. The summed E-state index contributed by atoms with van der Waals surface area (Å²) < 4.78 is 30.7. The van der Waals surface area contributed by atoms with Gasteiger partial charge in [-0.1, -0.05) is 24.3 Å². The minimum Gasteiger partial charge on any atom is -0.378 e. The second-order valence-electron chi connectivity index (χ2n) is 7.71. The van der Waals surface area contributed by atoms with Crippen LogP contribution in [-0.4, -0.2) is 59.9 Å². The van der Waals surface area contributed by atoms with Gasteiger partial charge < -0.3 is 18.7 Å². The van der Waals surface area contributed by atoms with Gasteiger partial charge in [-0.25, -0.2) is 4.98 Å². The van der Waals surface area contributed by atoms with Crippen molar-refractivity contribution in [2.45, 2.75) is 26.4 Å². The smallest absolute Gasteiger partial charge is 0.335 e. The number of carbonyl (C=O) groups excluding carboxylic acids is 1. The number of ketones is 1. The number of rotatable bonds is 10. The highest BCUT2D eigenvalue weighted by Gasteiger charge is 2.24. The monoisotopic (exact) mass is 472 g/mol. The molecule has 0 saturated carbocycles. The molecule has 0 aliphatic carbocycles. The molecule has 9 nitrogen and oxygen atoms in total. The molecule has 1 fully saturated rings. The molecule has 0 bridgehead atoms. The molecule has 0 unspecified atom stereocenters. The van der Waals surface area contributed by atoms with Gasteiger partial charge in [-0.15, -0.1) is 0 Å². The Morgan fingerprint density at radius 1 is 1.09 bits per heavy atom. The van der Waals surface area contributed by atoms with Crippen molar-refractivity contribution in [3.05, 3.63) is 59.4 Å². The third kappa shape index (κ3) is 5.68. The Balaban J connectivity index is 1.49. The van der Waals surface area contributed by atoms with E-state index in [-0.39, 0.29) is 18.4 Å². The first-order valence-corrected chi connectivity index (χ1v) is 12.9. The lowest BCUT2D eigenvalue weighted by Gasteiger charge is -2.29. The Hall–Kier alpha value is -2.58. The topological polar surface area (TPSA) is 95.3 Å². The van der Waals surface area contributed by atoms with E-state index in [1.165, 1.54) is 0 Å². The molecule has 0 atom stereocenters. The number of fused-ring (bicyclic) bond motifs is 1. The number of ether oxygens (including phenoxy) is 1. The SMILES string of the molecule is CCOP(=O)(Cc1ccc(C(=O)Cc2cc(N3CCOCC3)n3nccc3n2)cc1)OCC. The molecule has 33 heavy (non-hydrogen) atoms. The van der Waals surface area contributed by atoms with Gasteiger partial charge in [0.1, 0.15) is 5.82 Å². The van der Waals surface area contributed by atoms with Crippen LogP contribution in [0.15, 0.2) is 42.6 Å². The van der Waals surface area contributed by atoms with Crippen LogP contribution in [0.2, 0.25) is 0 Å². The van der Waals surface area contributed by atoms with E-state index in [1.54, 1.807) is 48.8 Å². The number of benzene rings is 1. The second kappa shape index (κ2) is 10.6. The van der Waals surface area contributed by atoms with Crippen molar-refractivity contribution < 1.29 is 23.1 Å². The van der Waals surface area contributed by atoms with Crippen LogP contribution in [0, 0.1) is 0 Å². The van der Waals surface area contributed by atoms with E-state index in [1.807, 2.05) is 12.1 Å². The summed E-state index contributed by atoms with van der Waals surface area (Å²) in [6.07, 6.45) is 2.06. The van der Waals surface area contributed by atoms with Crippen LogP contribution in [0.4, 0.5) is 5.82 Å². The molecule has 1 aromatic carbocycles. The van der Waals surface area contributed by atoms with Crippen LogP contribution < -0.4 is 4.90 Å². The molecular formula is C23H29N4O5P. The van der Waals surface area contributed by atoms with Crippen molar-refractivity contribution in [1.29, 1.82) is 0 Å². The molecule has 1 saturated heterocycles. The van der Waals surface area contributed by atoms with E-state index in [0.29, 0.717) is 43.3 Å². The molecule has 3 heterocycles. The molecule has 3 aromatic rings. The lowest BCUT2D eigenvalue weighted by molar-refractivity contribution is 0.0992. The predicted molar refractivity (Wildman–Crippen MR) is 125 cm³/mol. The van der Waals surface area contributed by atoms with Crippen LogP contribution >= 0.6 is 7.60 Å². The lowest BCUT2D eigenvalue weighted by atomic mass is 10.0. The first-order chi connectivity index (χ1) is 16.0. The highest BCUT2D eigenvalue weighted by Crippen LogP contribution is 2.51. The number of hydrogen-bond acceptors (Lipinski definition) is 8. The van der Waals surface area contributed by atoms with Crippen LogP contribution in [0.25, 0.3) is 5.65 Å². The number of aromatic nitrogens is 3. The van der Waals surface area contributed by atoms with Crippen molar-refractivity contribution in [2.75, 3.05) is 44.4 Å². The number of morpholine rings is 1. The van der Waals surface area contributed by atoms with Crippen molar-refractivity contribution in [3.63, 3.8) is 0 Å². The van der Waals surface area contributed by atoms with E-state index in [2.05, 4.69) is 15.0 Å². The van der Waals surface area contributed by atoms with Crippen molar-refractivity contribution in [2.24, 2.45) is 0 Å². The van der Waals surface area contributed by atoms with Crippen molar-refractivity contribution in [1.82, 2.24) is 14.6 Å². The summed E-state index contributed by atoms with van der Waals surface area (Å²) in [5.41, 5.74) is 2.77. The van der Waals surface area contributed by atoms with Gasteiger partial charge in [0.2, 0.25) is 0 Å². The van der Waals surface area contributed by atoms with Crippen molar-refractivity contribution in [3.8, 4) is 0 Å². The van der Waals surface area contributed by atoms with Crippen LogP contribution in [0.3, 0.4) is 0 Å². The maximum atomic E-state index is 13.0. The summed E-state index contributed by atoms with van der Waals surface area (Å²) in [5, 5.41) is 4.38. The van der Waals surface area contributed by atoms with Crippen LogP contribution in [0.5, 0.6) is 0 Å². The Labute approximate surface area is 193 Å². The third-order valence-corrected chi connectivity index (χ3v) is 7.43. The fourth-order valence-electron chi connectivity index (χ4n) is 3.86. The quantitative estimate of drug-likeness (QED) is 0.325. The number of nitrogens with zero attached hydrogens (tertiary/aromatic N) is 4. The molecule has 1 aliphatic rings. The zero-order valence-corrected chi connectivity index (χ0v) is 19.9. The molecule has 1 aliphatic heterocycles. The van der Waals surface area contributed by atoms with E-state index >= 15 is 0 Å². The molecule has 0 radical (unpaired) electrons. The third-order valence-electron chi connectivity index (χ3n) is 5.37. The maximum absolute atomic E-state index is 13.0. The molecular weight excluding hydrogens is 443 g/mol. The molecule has 0 amide bonds. The maximum Gasteiger partial charge on any atom is 0.335 e. The molecule has 2 aromatic heterocycles. The van der Waals surface area contributed by atoms with Gasteiger partial charge in [-0.05, 0) is 19.4 Å². The largest absolute Gasteiger partial charge is 0.378 e. The number of carbonyl (C=O) groups is 1. The second-order valence-corrected chi connectivity index (χ2v) is 9.76. The Kier molecular flexibility index (Phi) is 7.55. The summed E-state index contributed by atoms with van der Waals surface area (Å²) >= 11 is 0. The van der Waals surface area contributed by atoms with Gasteiger partial charge in [0.15, 0.2) is 11.4 Å². The van der Waals surface area contributed by atoms with Gasteiger partial charge in [-0.2, -0.15) is 9.61 Å². The van der Waals surface area contributed by atoms with Gasteiger partial charge in [0.05, 0.1) is 50.9 Å². The van der Waals surface area contributed by atoms with Gasteiger partial charge in [-0.3, -0.25) is 9.36 Å². The van der Waals surface area contributed by atoms with Crippen LogP contribution in [0.1, 0.15) is 35.5 Å². The van der Waals surface area contributed by atoms with E-state index in [9.17, 15) is 9.36 Å². The zero-order valence-electron chi connectivity index (χ0n) is 19.0. The number of Topliss-reactive ketones (excluding diaryl/α,β-unsaturated/α-hetero) is 1. The highest BCUT2D eigenvalue weighted by molar-refractivity contribution is 7.53. The van der Waals surface area contributed by atoms with E-state index in [0.717, 1.165) is 24.5 Å².